The Labute approximate surface area is 327 Å². The molecule has 2 fully saturated rings. The van der Waals surface area contributed by atoms with Crippen molar-refractivity contribution in [1.29, 1.82) is 0 Å². The van der Waals surface area contributed by atoms with Crippen LogP contribution in [0.2, 0.25) is 0 Å². The number of nitrogens with one attached hydrogen (secondary N) is 1. The van der Waals surface area contributed by atoms with Crippen LogP contribution in [0.3, 0.4) is 0 Å². The SMILES string of the molecule is C[C@H]1CN(S(=O)(=O)n2cc[n+](C)c2)CCN1C(=O)OC(C)(C)C.Cc1cccc(NS(=O)(=O)N2CCN(C(=O)OC(C)(C)C)[C@@H](C)C2)c1.O=S(=O)([O-])C(F)(F)F. The summed E-state index contributed by atoms with van der Waals surface area (Å²) < 4.78 is 128. The molecule has 1 aromatic carbocycles. The van der Waals surface area contributed by atoms with Gasteiger partial charge < -0.3 is 23.8 Å². The summed E-state index contributed by atoms with van der Waals surface area (Å²) in [6, 6.07) is 6.67. The predicted molar refractivity (Wildman–Crippen MR) is 197 cm³/mol. The molecule has 2 atom stereocenters. The summed E-state index contributed by atoms with van der Waals surface area (Å²) >= 11 is 0. The lowest BCUT2D eigenvalue weighted by Crippen LogP contribution is -2.57. The highest BCUT2D eigenvalue weighted by Gasteiger charge is 2.39. The van der Waals surface area contributed by atoms with E-state index in [1.807, 2.05) is 68.4 Å². The molecule has 2 aromatic rings. The van der Waals surface area contributed by atoms with E-state index < -0.39 is 59.4 Å². The minimum absolute atomic E-state index is 0.223. The van der Waals surface area contributed by atoms with E-state index in [1.54, 1.807) is 45.8 Å². The van der Waals surface area contributed by atoms with Crippen LogP contribution in [0, 0.1) is 6.92 Å². The summed E-state index contributed by atoms with van der Waals surface area (Å²) in [7, 11) is -11.6. The standard InChI is InChI=1S/C17H27N3O4S.C14H25N4O4S.CHF3O3S/c1-13-7-6-8-15(11-13)18-25(22,23)19-9-10-20(14(2)12-19)16(21)24-17(3,4)5;1-12-10-16(23(20,21)17-7-6-15(5)11-17)8-9-18(12)13(19)22-14(2,3)4;2-1(3,4)8(5,6)7/h6-8,11,14,18H,9-10,12H2,1-5H3;6-7,11-12H,8-10H2,1-5H3;(H,5,6,7)/q;+1;/p-1/t14-;12-;/m00./s1. The second kappa shape index (κ2) is 18.3. The summed E-state index contributed by atoms with van der Waals surface area (Å²) in [5.74, 6) is 0. The molecule has 56 heavy (non-hydrogen) atoms. The molecular formula is C32H52F3N7O11S3. The number of benzene rings is 1. The monoisotopic (exact) mass is 863 g/mol. The number of hydrogen-bond donors (Lipinski definition) is 1. The fraction of sp³-hybridized carbons (Fsp3) is 0.656. The van der Waals surface area contributed by atoms with Gasteiger partial charge >= 0.3 is 38.1 Å². The number of anilines is 1. The number of aryl methyl sites for hydroxylation is 2. The molecule has 0 radical (unpaired) electrons. The van der Waals surface area contributed by atoms with Crippen molar-refractivity contribution in [2.75, 3.05) is 44.0 Å². The highest BCUT2D eigenvalue weighted by Crippen LogP contribution is 2.22. The van der Waals surface area contributed by atoms with Gasteiger partial charge in [-0.3, -0.25) is 4.72 Å². The number of alkyl halides is 3. The molecule has 2 saturated heterocycles. The summed E-state index contributed by atoms with van der Waals surface area (Å²) in [5.41, 5.74) is -5.29. The summed E-state index contributed by atoms with van der Waals surface area (Å²) in [5, 5.41) is 0. The highest BCUT2D eigenvalue weighted by molar-refractivity contribution is 7.90. The van der Waals surface area contributed by atoms with Gasteiger partial charge in [0.15, 0.2) is 10.1 Å². The fourth-order valence-electron chi connectivity index (χ4n) is 5.08. The van der Waals surface area contributed by atoms with Gasteiger partial charge in [-0.1, -0.05) is 12.1 Å². The maximum Gasteiger partial charge on any atom is 0.485 e. The third kappa shape index (κ3) is 14.7. The molecule has 2 aliphatic rings. The van der Waals surface area contributed by atoms with Crippen molar-refractivity contribution >= 4 is 48.4 Å². The van der Waals surface area contributed by atoms with E-state index in [0.29, 0.717) is 18.8 Å². The topological polar surface area (TPSA) is 212 Å². The van der Waals surface area contributed by atoms with Crippen LogP contribution in [0.5, 0.6) is 0 Å². The van der Waals surface area contributed by atoms with Crippen LogP contribution in [0.15, 0.2) is 43.0 Å². The van der Waals surface area contributed by atoms with E-state index >= 15 is 0 Å². The number of imidazole rings is 1. The molecule has 4 rings (SSSR count). The maximum absolute atomic E-state index is 12.6. The molecule has 0 saturated carbocycles. The van der Waals surface area contributed by atoms with Crippen LogP contribution in [-0.4, -0.2) is 132 Å². The molecule has 0 bridgehead atoms. The van der Waals surface area contributed by atoms with E-state index in [-0.39, 0.29) is 38.3 Å². The summed E-state index contributed by atoms with van der Waals surface area (Å²) in [6.45, 7) is 17.9. The van der Waals surface area contributed by atoms with Crippen molar-refractivity contribution in [3.05, 3.63) is 48.5 Å². The normalized spacial score (nSPS) is 19.2. The first-order chi connectivity index (χ1) is 25.2. The number of rotatable bonds is 5. The Morgan fingerprint density at radius 1 is 0.821 bits per heavy atom. The molecule has 1 aromatic heterocycles. The quantitative estimate of drug-likeness (QED) is 0.262. The van der Waals surface area contributed by atoms with Crippen molar-refractivity contribution in [1.82, 2.24) is 22.4 Å². The van der Waals surface area contributed by atoms with Crippen molar-refractivity contribution in [2.45, 2.75) is 91.1 Å². The van der Waals surface area contributed by atoms with Gasteiger partial charge in [0.2, 0.25) is 0 Å². The number of piperazine rings is 2. The van der Waals surface area contributed by atoms with E-state index in [1.165, 1.54) is 25.1 Å². The molecule has 24 heteroatoms. The summed E-state index contributed by atoms with van der Waals surface area (Å²) in [6.07, 6.45) is 3.84. The van der Waals surface area contributed by atoms with Crippen molar-refractivity contribution in [2.24, 2.45) is 7.05 Å². The lowest BCUT2D eigenvalue weighted by Gasteiger charge is -2.39. The number of ether oxygens (including phenoxy) is 2. The van der Waals surface area contributed by atoms with Crippen molar-refractivity contribution < 1.29 is 66.6 Å². The third-order valence-corrected chi connectivity index (χ3v) is 11.5. The minimum atomic E-state index is -6.09. The van der Waals surface area contributed by atoms with E-state index in [2.05, 4.69) is 4.72 Å². The molecule has 2 amide bonds. The molecule has 2 aliphatic heterocycles. The number of aromatic nitrogens is 2. The van der Waals surface area contributed by atoms with Gasteiger partial charge in [-0.2, -0.15) is 38.6 Å². The Morgan fingerprint density at radius 2 is 1.27 bits per heavy atom. The Kier molecular flexibility index (Phi) is 15.8. The van der Waals surface area contributed by atoms with E-state index in [0.717, 1.165) is 5.56 Å². The maximum atomic E-state index is 12.6. The zero-order valence-corrected chi connectivity index (χ0v) is 35.4. The molecular weight excluding hydrogens is 812 g/mol. The van der Waals surface area contributed by atoms with Crippen LogP contribution in [0.1, 0.15) is 61.0 Å². The number of hydrogen-bond acceptors (Lipinski definition) is 11. The van der Waals surface area contributed by atoms with Gasteiger partial charge in [0.05, 0.1) is 12.7 Å². The Bertz CT molecular complexity index is 2000. The van der Waals surface area contributed by atoms with Crippen molar-refractivity contribution in [3.8, 4) is 0 Å². The van der Waals surface area contributed by atoms with Gasteiger partial charge in [0.25, 0.3) is 6.33 Å². The average molecular weight is 864 g/mol. The average Bonchev–Trinajstić information content (AvgIpc) is 3.45. The molecule has 0 spiro atoms. The first kappa shape index (κ1) is 48.4. The number of halogens is 3. The summed E-state index contributed by atoms with van der Waals surface area (Å²) in [4.78, 5) is 27.6. The van der Waals surface area contributed by atoms with Crippen LogP contribution < -0.4 is 9.29 Å². The van der Waals surface area contributed by atoms with Gasteiger partial charge in [0, 0.05) is 51.4 Å². The first-order valence-electron chi connectivity index (χ1n) is 17.1. The van der Waals surface area contributed by atoms with Gasteiger partial charge in [-0.05, 0) is 80.0 Å². The second-order valence-corrected chi connectivity index (χ2v) is 19.9. The van der Waals surface area contributed by atoms with Crippen LogP contribution in [0.25, 0.3) is 0 Å². The number of carbonyl (C=O) groups excluding carboxylic acids is 2. The first-order valence-corrected chi connectivity index (χ1v) is 21.4. The third-order valence-electron chi connectivity index (χ3n) is 7.66. The van der Waals surface area contributed by atoms with Gasteiger partial charge in [-0.15, -0.1) is 3.97 Å². The molecule has 1 N–H and O–H groups in total. The Hall–Kier alpha value is -3.71. The smallest absolute Gasteiger partial charge is 0.485 e. The predicted octanol–water partition coefficient (Wildman–Crippen LogP) is 2.99. The fourth-order valence-corrected chi connectivity index (χ4v) is 7.83. The van der Waals surface area contributed by atoms with Crippen molar-refractivity contribution in [3.63, 3.8) is 0 Å². The number of nitrogens with zero attached hydrogens (tertiary/aromatic N) is 6. The van der Waals surface area contributed by atoms with E-state index in [4.69, 9.17) is 22.4 Å². The molecule has 3 heterocycles. The second-order valence-electron chi connectivity index (χ2n) is 15.1. The molecule has 0 aliphatic carbocycles. The zero-order chi connectivity index (χ0) is 43.2. The minimum Gasteiger partial charge on any atom is -0.741 e. The Balaban J connectivity index is 0.000000325. The van der Waals surface area contributed by atoms with Crippen LogP contribution >= 0.6 is 0 Å². The largest absolute Gasteiger partial charge is 0.741 e. The number of amides is 2. The van der Waals surface area contributed by atoms with Crippen LogP contribution in [-0.2, 0) is 47.1 Å². The lowest BCUT2D eigenvalue weighted by atomic mass is 10.2. The molecule has 18 nitrogen and oxygen atoms in total. The lowest BCUT2D eigenvalue weighted by molar-refractivity contribution is -0.670. The zero-order valence-electron chi connectivity index (χ0n) is 33.0. The van der Waals surface area contributed by atoms with Crippen LogP contribution in [0.4, 0.5) is 28.4 Å². The Morgan fingerprint density at radius 3 is 1.64 bits per heavy atom. The van der Waals surface area contributed by atoms with E-state index in [9.17, 15) is 39.6 Å². The number of carbonyl (C=O) groups is 2. The molecule has 320 valence electrons. The molecule has 0 unspecified atom stereocenters. The van der Waals surface area contributed by atoms with Gasteiger partial charge in [0.1, 0.15) is 23.6 Å². The highest BCUT2D eigenvalue weighted by atomic mass is 32.2. The van der Waals surface area contributed by atoms with Gasteiger partial charge in [-0.25, -0.2) is 22.6 Å².